The molecule has 4 N–H and O–H groups in total. The van der Waals surface area contributed by atoms with Crippen molar-refractivity contribution in [3.05, 3.63) is 83.6 Å². The SMILES string of the molecule is C[N+]1=C(C=CC=C2N(CCCCC(=O)N3CCN(CCOC4OC(CO)C(O)C(O)C4O)CC3)c3ccccc3C2(C)C)C(C)(C)c2ccccc21. The van der Waals surface area contributed by atoms with Gasteiger partial charge in [0.05, 0.1) is 18.6 Å². The van der Waals surface area contributed by atoms with Crippen molar-refractivity contribution in [2.45, 2.75) is 88.5 Å². The van der Waals surface area contributed by atoms with Crippen LogP contribution in [0.4, 0.5) is 11.4 Å². The van der Waals surface area contributed by atoms with Crippen molar-refractivity contribution in [3.8, 4) is 0 Å². The molecule has 52 heavy (non-hydrogen) atoms. The second-order valence-electron chi connectivity index (χ2n) is 15.5. The lowest BCUT2D eigenvalue weighted by atomic mass is 9.81. The average Bonchev–Trinajstić information content (AvgIpc) is 3.48. The first-order valence-corrected chi connectivity index (χ1v) is 18.7. The van der Waals surface area contributed by atoms with Gasteiger partial charge in [-0.3, -0.25) is 9.69 Å². The van der Waals surface area contributed by atoms with Crippen molar-refractivity contribution in [2.24, 2.45) is 0 Å². The smallest absolute Gasteiger partial charge is 0.222 e. The molecular formula is C41H57N4O7+. The maximum Gasteiger partial charge on any atom is 0.222 e. The molecule has 5 unspecified atom stereocenters. The molecule has 6 rings (SSSR count). The number of nitrogens with zero attached hydrogens (tertiary/aromatic N) is 4. The number of piperazine rings is 1. The van der Waals surface area contributed by atoms with Crippen LogP contribution in [-0.4, -0.2) is 137 Å². The van der Waals surface area contributed by atoms with Gasteiger partial charge in [0.15, 0.2) is 12.0 Å². The van der Waals surface area contributed by atoms with Gasteiger partial charge < -0.3 is 39.7 Å². The molecule has 4 aliphatic heterocycles. The molecular weight excluding hydrogens is 660 g/mol. The van der Waals surface area contributed by atoms with Gasteiger partial charge in [-0.1, -0.05) is 56.3 Å². The molecule has 2 aromatic rings. The van der Waals surface area contributed by atoms with Crippen LogP contribution >= 0.6 is 0 Å². The Morgan fingerprint density at radius 2 is 1.60 bits per heavy atom. The van der Waals surface area contributed by atoms with Crippen LogP contribution in [0.3, 0.4) is 0 Å². The Kier molecular flexibility index (Phi) is 11.7. The lowest BCUT2D eigenvalue weighted by Crippen LogP contribution is -2.59. The molecule has 4 aliphatic rings. The number of carbonyl (C=O) groups excluding carboxylic acids is 1. The summed E-state index contributed by atoms with van der Waals surface area (Å²) in [6, 6.07) is 17.3. The highest BCUT2D eigenvalue weighted by Gasteiger charge is 2.45. The minimum atomic E-state index is -1.46. The molecule has 0 radical (unpaired) electrons. The number of hydrogen-bond donors (Lipinski definition) is 4. The van der Waals surface area contributed by atoms with Crippen molar-refractivity contribution < 1.29 is 39.3 Å². The average molecular weight is 718 g/mol. The van der Waals surface area contributed by atoms with Gasteiger partial charge >= 0.3 is 0 Å². The molecule has 0 aliphatic carbocycles. The lowest BCUT2D eigenvalue weighted by Gasteiger charge is -2.40. The van der Waals surface area contributed by atoms with E-state index in [9.17, 15) is 25.2 Å². The fraction of sp³-hybridized carbons (Fsp3) is 0.561. The van der Waals surface area contributed by atoms with Gasteiger partial charge in [0.2, 0.25) is 11.6 Å². The summed E-state index contributed by atoms with van der Waals surface area (Å²) >= 11 is 0. The minimum Gasteiger partial charge on any atom is -0.394 e. The number of hydrogen-bond acceptors (Lipinski definition) is 9. The third kappa shape index (κ3) is 7.50. The van der Waals surface area contributed by atoms with Crippen LogP contribution in [0.1, 0.15) is 58.1 Å². The van der Waals surface area contributed by atoms with Gasteiger partial charge in [-0.15, -0.1) is 0 Å². The molecule has 0 spiro atoms. The fourth-order valence-corrected chi connectivity index (χ4v) is 8.34. The van der Waals surface area contributed by atoms with E-state index in [4.69, 9.17) is 9.47 Å². The molecule has 2 aromatic carbocycles. The van der Waals surface area contributed by atoms with Crippen LogP contribution in [-0.2, 0) is 25.1 Å². The third-order valence-electron chi connectivity index (χ3n) is 11.5. The maximum atomic E-state index is 13.2. The summed E-state index contributed by atoms with van der Waals surface area (Å²) in [7, 11) is 2.15. The van der Waals surface area contributed by atoms with Crippen LogP contribution in [0.2, 0.25) is 0 Å². The molecule has 2 saturated heterocycles. The molecule has 0 bridgehead atoms. The van der Waals surface area contributed by atoms with Gasteiger partial charge in [0.1, 0.15) is 31.5 Å². The molecule has 11 heteroatoms. The Morgan fingerprint density at radius 1 is 0.904 bits per heavy atom. The third-order valence-corrected chi connectivity index (χ3v) is 11.5. The summed E-state index contributed by atoms with van der Waals surface area (Å²) < 4.78 is 13.4. The van der Waals surface area contributed by atoms with Gasteiger partial charge in [-0.2, -0.15) is 4.58 Å². The van der Waals surface area contributed by atoms with E-state index >= 15 is 0 Å². The number of ether oxygens (including phenoxy) is 2. The number of amides is 1. The number of para-hydroxylation sites is 2. The molecule has 1 amide bonds. The van der Waals surface area contributed by atoms with Crippen LogP contribution in [0.5, 0.6) is 0 Å². The van der Waals surface area contributed by atoms with E-state index in [1.807, 2.05) is 4.90 Å². The zero-order valence-corrected chi connectivity index (χ0v) is 31.3. The summed E-state index contributed by atoms with van der Waals surface area (Å²) in [4.78, 5) is 19.8. The van der Waals surface area contributed by atoms with Crippen LogP contribution in [0.25, 0.3) is 0 Å². The summed E-state index contributed by atoms with van der Waals surface area (Å²) in [6.45, 7) is 13.0. The number of unbranched alkanes of at least 4 members (excludes halogenated alkanes) is 1. The van der Waals surface area contributed by atoms with Gasteiger partial charge in [-0.05, 0) is 44.4 Å². The van der Waals surface area contributed by atoms with Crippen molar-refractivity contribution in [3.63, 3.8) is 0 Å². The van der Waals surface area contributed by atoms with Crippen molar-refractivity contribution >= 4 is 23.0 Å². The standard InChI is InChI=1S/C41H57N4O7/c1-40(2)28-13-6-8-15-30(28)42(5)33(40)17-12-18-34-41(3,4)29-14-7-9-16-31(29)45(34)20-11-10-19-35(47)44-23-21-43(22-24-44)25-26-51-39-38(50)37(49)36(48)32(27-46)52-39/h6-9,12-18,32,36-39,46,48-50H,10-11,19-27H2,1-5H3/q+1. The number of fused-ring (bicyclic) bond motifs is 2. The van der Waals surface area contributed by atoms with E-state index in [-0.39, 0.29) is 23.3 Å². The monoisotopic (exact) mass is 717 g/mol. The number of rotatable bonds is 12. The first-order valence-electron chi connectivity index (χ1n) is 18.7. The first kappa shape index (κ1) is 38.3. The largest absolute Gasteiger partial charge is 0.394 e. The fourth-order valence-electron chi connectivity index (χ4n) is 8.34. The van der Waals surface area contributed by atoms with E-state index in [1.54, 1.807) is 0 Å². The predicted octanol–water partition coefficient (Wildman–Crippen LogP) is 3.06. The summed E-state index contributed by atoms with van der Waals surface area (Å²) in [5, 5.41) is 39.5. The number of allylic oxidation sites excluding steroid dienone is 4. The summed E-state index contributed by atoms with van der Waals surface area (Å²) in [6.07, 6.45) is 2.56. The number of carbonyl (C=O) groups is 1. The highest BCUT2D eigenvalue weighted by Crippen LogP contribution is 2.48. The number of aliphatic hydroxyl groups is 4. The Balaban J connectivity index is 0.990. The second kappa shape index (κ2) is 15.9. The van der Waals surface area contributed by atoms with Crippen LogP contribution in [0.15, 0.2) is 72.5 Å². The molecule has 0 aromatic heterocycles. The molecule has 2 fully saturated rings. The topological polar surface area (TPSA) is 129 Å². The normalized spacial score (nSPS) is 27.9. The van der Waals surface area contributed by atoms with E-state index < -0.39 is 37.3 Å². The quantitative estimate of drug-likeness (QED) is 0.194. The Bertz CT molecular complexity index is 1680. The number of benzene rings is 2. The second-order valence-corrected chi connectivity index (χ2v) is 15.5. The Hall–Kier alpha value is -3.42. The van der Waals surface area contributed by atoms with Crippen molar-refractivity contribution in [1.82, 2.24) is 9.80 Å². The van der Waals surface area contributed by atoms with Crippen LogP contribution in [0, 0.1) is 0 Å². The van der Waals surface area contributed by atoms with Crippen molar-refractivity contribution in [2.75, 3.05) is 64.4 Å². The van der Waals surface area contributed by atoms with E-state index in [1.165, 1.54) is 33.9 Å². The number of anilines is 1. The van der Waals surface area contributed by atoms with Gasteiger partial charge in [0, 0.05) is 80.2 Å². The van der Waals surface area contributed by atoms with E-state index in [0.29, 0.717) is 39.1 Å². The van der Waals surface area contributed by atoms with E-state index in [0.717, 1.165) is 19.4 Å². The van der Waals surface area contributed by atoms with Crippen molar-refractivity contribution in [1.29, 1.82) is 0 Å². The highest BCUT2D eigenvalue weighted by molar-refractivity contribution is 6.03. The minimum absolute atomic E-state index is 0.0842. The molecule has 0 saturated carbocycles. The zero-order chi connectivity index (χ0) is 37.2. The maximum absolute atomic E-state index is 13.2. The van der Waals surface area contributed by atoms with Crippen LogP contribution < -0.4 is 4.90 Å². The molecule has 282 valence electrons. The zero-order valence-electron chi connectivity index (χ0n) is 31.3. The van der Waals surface area contributed by atoms with Gasteiger partial charge in [-0.25, -0.2) is 0 Å². The molecule has 5 atom stereocenters. The molecule has 4 heterocycles. The highest BCUT2D eigenvalue weighted by atomic mass is 16.7. The van der Waals surface area contributed by atoms with Gasteiger partial charge in [0.25, 0.3) is 0 Å². The summed E-state index contributed by atoms with van der Waals surface area (Å²) in [5.41, 5.74) is 7.46. The first-order chi connectivity index (χ1) is 24.9. The molecule has 11 nitrogen and oxygen atoms in total. The summed E-state index contributed by atoms with van der Waals surface area (Å²) in [5.74, 6) is 0.180. The Labute approximate surface area is 308 Å². The predicted molar refractivity (Wildman–Crippen MR) is 201 cm³/mol. The Morgan fingerprint density at radius 3 is 2.31 bits per heavy atom. The lowest BCUT2D eigenvalue weighted by molar-refractivity contribution is -0.401. The van der Waals surface area contributed by atoms with E-state index in [2.05, 4.69) is 116 Å². The number of aliphatic hydroxyl groups excluding tert-OH is 4.